The molecule has 6 nitrogen and oxygen atoms in total. The first-order valence-corrected chi connectivity index (χ1v) is 12.5. The lowest BCUT2D eigenvalue weighted by Crippen LogP contribution is -2.23. The normalized spacial score (nSPS) is 22.5. The van der Waals surface area contributed by atoms with Crippen LogP contribution in [0.5, 0.6) is 0 Å². The summed E-state index contributed by atoms with van der Waals surface area (Å²) in [7, 11) is -3.38. The molecule has 4 atom stereocenters. The molecule has 164 valence electrons. The van der Waals surface area contributed by atoms with E-state index < -0.39 is 28.1 Å². The molecular weight excluding hydrogens is 444 g/mol. The van der Waals surface area contributed by atoms with Gasteiger partial charge >= 0.3 is 0 Å². The average Bonchev–Trinajstić information content (AvgIpc) is 3.27. The van der Waals surface area contributed by atoms with Gasteiger partial charge in [-0.05, 0) is 55.0 Å². The Morgan fingerprint density at radius 3 is 2.48 bits per heavy atom. The van der Waals surface area contributed by atoms with Crippen LogP contribution < -0.4 is 5.32 Å². The Morgan fingerprint density at radius 1 is 1.19 bits per heavy atom. The van der Waals surface area contributed by atoms with Gasteiger partial charge in [0.05, 0.1) is 10.8 Å². The largest absolute Gasteiger partial charge is 0.301 e. The van der Waals surface area contributed by atoms with E-state index >= 15 is 0 Å². The molecule has 31 heavy (non-hydrogen) atoms. The smallest absolute Gasteiger partial charge is 0.233 e. The molecule has 0 saturated heterocycles. The van der Waals surface area contributed by atoms with Crippen LogP contribution in [0.15, 0.2) is 47.5 Å². The van der Waals surface area contributed by atoms with Crippen molar-refractivity contribution in [1.82, 2.24) is 9.97 Å². The molecule has 0 bridgehead atoms. The van der Waals surface area contributed by atoms with E-state index in [0.29, 0.717) is 21.0 Å². The molecule has 1 N–H and O–H groups in total. The maximum absolute atomic E-state index is 13.7. The van der Waals surface area contributed by atoms with Gasteiger partial charge in [-0.1, -0.05) is 23.5 Å². The minimum Gasteiger partial charge on any atom is -0.301 e. The molecule has 1 fully saturated rings. The number of nitrogens with one attached hydrogen (secondary N) is 1. The Bertz CT molecular complexity index is 1160. The summed E-state index contributed by atoms with van der Waals surface area (Å²) in [4.78, 5) is 22.5. The lowest BCUT2D eigenvalue weighted by Gasteiger charge is -2.20. The molecule has 0 spiro atoms. The van der Waals surface area contributed by atoms with Crippen molar-refractivity contribution >= 4 is 42.6 Å². The van der Waals surface area contributed by atoms with E-state index in [2.05, 4.69) is 15.3 Å². The lowest BCUT2D eigenvalue weighted by atomic mass is 9.87. The van der Waals surface area contributed by atoms with Gasteiger partial charge in [-0.15, -0.1) is 0 Å². The molecule has 1 saturated carbocycles. The molecule has 2 heterocycles. The Kier molecular flexibility index (Phi) is 6.02. The molecule has 1 aromatic carbocycles. The molecule has 0 radical (unpaired) electrons. The van der Waals surface area contributed by atoms with E-state index in [1.165, 1.54) is 23.5 Å². The summed E-state index contributed by atoms with van der Waals surface area (Å²) in [5.74, 6) is -1.34. The quantitative estimate of drug-likeness (QED) is 0.587. The third kappa shape index (κ3) is 4.90. The van der Waals surface area contributed by atoms with Crippen molar-refractivity contribution in [3.63, 3.8) is 0 Å². The molecule has 3 aromatic rings. The van der Waals surface area contributed by atoms with Crippen molar-refractivity contribution in [1.29, 1.82) is 0 Å². The molecule has 2 aromatic heterocycles. The van der Waals surface area contributed by atoms with Crippen LogP contribution in [-0.4, -0.2) is 42.9 Å². The lowest BCUT2D eigenvalue weighted by molar-refractivity contribution is -0.118. The number of alkyl halides is 2. The van der Waals surface area contributed by atoms with Gasteiger partial charge in [0, 0.05) is 12.5 Å². The summed E-state index contributed by atoms with van der Waals surface area (Å²) in [6.45, 7) is 0. The van der Waals surface area contributed by atoms with Crippen LogP contribution in [-0.2, 0) is 14.6 Å². The highest BCUT2D eigenvalue weighted by Gasteiger charge is 2.37. The van der Waals surface area contributed by atoms with Gasteiger partial charge in [0.15, 0.2) is 15.0 Å². The Hall–Kier alpha value is -2.46. The highest BCUT2D eigenvalue weighted by molar-refractivity contribution is 7.90. The van der Waals surface area contributed by atoms with Gasteiger partial charge in [-0.2, -0.15) is 0 Å². The second kappa shape index (κ2) is 8.58. The monoisotopic (exact) mass is 465 g/mol. The van der Waals surface area contributed by atoms with Crippen molar-refractivity contribution in [2.24, 2.45) is 5.92 Å². The van der Waals surface area contributed by atoms with Crippen LogP contribution >= 0.6 is 11.3 Å². The second-order valence-corrected chi connectivity index (χ2v) is 10.8. The molecule has 0 aliphatic heterocycles. The first-order chi connectivity index (χ1) is 14.7. The SMILES string of the molecule is CS(=O)(=O)c1ccc(C(C[C@H]2C[C@@H](F)[C@@H](F)C2)C(=O)Nc2nc3cccnc3s2)cc1. The zero-order valence-electron chi connectivity index (χ0n) is 16.7. The van der Waals surface area contributed by atoms with Crippen molar-refractivity contribution in [3.05, 3.63) is 48.2 Å². The van der Waals surface area contributed by atoms with Crippen LogP contribution in [0, 0.1) is 5.92 Å². The van der Waals surface area contributed by atoms with Crippen molar-refractivity contribution < 1.29 is 22.0 Å². The molecule has 10 heteroatoms. The maximum Gasteiger partial charge on any atom is 0.233 e. The summed E-state index contributed by atoms with van der Waals surface area (Å²) in [5, 5.41) is 3.18. The minimum absolute atomic E-state index is 0.0669. The average molecular weight is 466 g/mol. The number of anilines is 1. The van der Waals surface area contributed by atoms with Crippen LogP contribution in [0.25, 0.3) is 10.3 Å². The fourth-order valence-electron chi connectivity index (χ4n) is 3.91. The summed E-state index contributed by atoms with van der Waals surface area (Å²) in [6, 6.07) is 9.58. The standard InChI is InChI=1S/C21H21F2N3O3S2/c1-31(28,29)14-6-4-13(5-7-14)15(9-12-10-16(22)17(23)11-12)19(27)26-21-25-18-3-2-8-24-20(18)30-21/h2-8,12,15-17H,9-11H2,1H3,(H,25,26,27)/t12-,15?,16+,17-. The predicted octanol–water partition coefficient (Wildman–Crippen LogP) is 4.29. The number of aromatic nitrogens is 2. The number of hydrogen-bond donors (Lipinski definition) is 1. The number of carbonyl (C=O) groups excluding carboxylic acids is 1. The van der Waals surface area contributed by atoms with Crippen LogP contribution in [0.2, 0.25) is 0 Å². The molecule has 4 rings (SSSR count). The summed E-state index contributed by atoms with van der Waals surface area (Å²) in [5.41, 5.74) is 1.25. The number of sulfone groups is 1. The Morgan fingerprint density at radius 2 is 1.87 bits per heavy atom. The van der Waals surface area contributed by atoms with Crippen molar-refractivity contribution in [3.8, 4) is 0 Å². The first-order valence-electron chi connectivity index (χ1n) is 9.81. The number of rotatable bonds is 6. The van der Waals surface area contributed by atoms with Gasteiger partial charge in [0.25, 0.3) is 0 Å². The van der Waals surface area contributed by atoms with E-state index in [0.717, 1.165) is 6.26 Å². The van der Waals surface area contributed by atoms with Crippen molar-refractivity contribution in [2.75, 3.05) is 11.6 Å². The number of thiazole rings is 1. The first kappa shape index (κ1) is 21.8. The van der Waals surface area contributed by atoms with E-state index in [-0.39, 0.29) is 36.0 Å². The Balaban J connectivity index is 1.60. The topological polar surface area (TPSA) is 89.0 Å². The highest BCUT2D eigenvalue weighted by atomic mass is 32.2. The number of amides is 1. The fraction of sp³-hybridized carbons (Fsp3) is 0.381. The van der Waals surface area contributed by atoms with E-state index in [1.54, 1.807) is 30.5 Å². The zero-order chi connectivity index (χ0) is 22.2. The van der Waals surface area contributed by atoms with Gasteiger partial charge < -0.3 is 5.32 Å². The number of carbonyl (C=O) groups is 1. The zero-order valence-corrected chi connectivity index (χ0v) is 18.3. The van der Waals surface area contributed by atoms with Gasteiger partial charge in [0.1, 0.15) is 22.7 Å². The van der Waals surface area contributed by atoms with Gasteiger partial charge in [-0.3, -0.25) is 4.79 Å². The second-order valence-electron chi connectivity index (χ2n) is 7.83. The molecule has 1 aliphatic carbocycles. The predicted molar refractivity (Wildman–Crippen MR) is 115 cm³/mol. The van der Waals surface area contributed by atoms with Crippen LogP contribution in [0.1, 0.15) is 30.7 Å². The third-order valence-corrected chi connectivity index (χ3v) is 7.53. The van der Waals surface area contributed by atoms with Crippen molar-refractivity contribution in [2.45, 2.75) is 42.4 Å². The third-order valence-electron chi connectivity index (χ3n) is 5.50. The number of pyridine rings is 1. The van der Waals surface area contributed by atoms with Crippen LogP contribution in [0.3, 0.4) is 0 Å². The minimum atomic E-state index is -3.38. The summed E-state index contributed by atoms with van der Waals surface area (Å²) >= 11 is 1.23. The van der Waals surface area contributed by atoms with E-state index in [1.807, 2.05) is 0 Å². The summed E-state index contributed by atoms with van der Waals surface area (Å²) in [6.07, 6.45) is 0.102. The number of halogens is 2. The molecule has 1 aliphatic rings. The van der Waals surface area contributed by atoms with E-state index in [9.17, 15) is 22.0 Å². The molecule has 1 unspecified atom stereocenters. The molecule has 1 amide bonds. The maximum atomic E-state index is 13.7. The number of benzene rings is 1. The fourth-order valence-corrected chi connectivity index (χ4v) is 5.35. The van der Waals surface area contributed by atoms with Gasteiger partial charge in [0.2, 0.25) is 5.91 Å². The summed E-state index contributed by atoms with van der Waals surface area (Å²) < 4.78 is 50.9. The Labute approximate surface area is 182 Å². The number of fused-ring (bicyclic) bond motifs is 1. The highest BCUT2D eigenvalue weighted by Crippen LogP contribution is 2.38. The number of hydrogen-bond acceptors (Lipinski definition) is 6. The van der Waals surface area contributed by atoms with Crippen LogP contribution in [0.4, 0.5) is 13.9 Å². The van der Waals surface area contributed by atoms with E-state index in [4.69, 9.17) is 0 Å². The van der Waals surface area contributed by atoms with Gasteiger partial charge in [-0.25, -0.2) is 27.2 Å². The molecular formula is C21H21F2N3O3S2. The number of nitrogens with zero attached hydrogens (tertiary/aromatic N) is 2.